The first-order chi connectivity index (χ1) is 10.8. The first-order valence-electron chi connectivity index (χ1n) is 7.16. The fourth-order valence-electron chi connectivity index (χ4n) is 1.85. The van der Waals surface area contributed by atoms with Gasteiger partial charge in [0.05, 0.1) is 0 Å². The molecule has 0 aliphatic heterocycles. The maximum absolute atomic E-state index is 5.98. The van der Waals surface area contributed by atoms with Gasteiger partial charge < -0.3 is 10.6 Å². The van der Waals surface area contributed by atoms with Crippen LogP contribution in [0.5, 0.6) is 5.75 Å². The van der Waals surface area contributed by atoms with E-state index in [0.717, 1.165) is 10.2 Å². The average Bonchev–Trinajstić information content (AvgIpc) is 2.83. The molecule has 5 nitrogen and oxygen atoms in total. The second kappa shape index (κ2) is 7.40. The van der Waals surface area contributed by atoms with Crippen LogP contribution in [0.25, 0.3) is 0 Å². The van der Waals surface area contributed by atoms with Crippen molar-refractivity contribution in [2.45, 2.75) is 37.9 Å². The minimum Gasteiger partial charge on any atom is -0.486 e. The van der Waals surface area contributed by atoms with E-state index in [1.165, 1.54) is 22.0 Å². The smallest absolute Gasteiger partial charge is 0.210 e. The van der Waals surface area contributed by atoms with Gasteiger partial charge in [0, 0.05) is 5.75 Å². The van der Waals surface area contributed by atoms with Gasteiger partial charge >= 0.3 is 0 Å². The zero-order valence-corrected chi connectivity index (χ0v) is 15.9. The van der Waals surface area contributed by atoms with Crippen LogP contribution in [0.2, 0.25) is 0 Å². The Balaban J connectivity index is 1.97. The van der Waals surface area contributed by atoms with Crippen LogP contribution in [-0.4, -0.2) is 20.6 Å². The lowest BCUT2D eigenvalue weighted by molar-refractivity contribution is 0.291. The van der Waals surface area contributed by atoms with Gasteiger partial charge in [-0.3, -0.25) is 0 Å². The minimum absolute atomic E-state index is 0.127. The van der Waals surface area contributed by atoms with Crippen molar-refractivity contribution in [3.63, 3.8) is 0 Å². The summed E-state index contributed by atoms with van der Waals surface area (Å²) in [6.07, 6.45) is 0. The molecule has 0 saturated heterocycles. The Bertz CT molecular complexity index is 676. The summed E-state index contributed by atoms with van der Waals surface area (Å²) in [4.78, 5) is 0. The number of nitrogens with zero attached hydrogens (tertiary/aromatic N) is 3. The lowest BCUT2D eigenvalue weighted by atomic mass is 9.87. The molecule has 2 N–H and O–H groups in total. The van der Waals surface area contributed by atoms with Crippen LogP contribution in [0.1, 0.15) is 32.2 Å². The van der Waals surface area contributed by atoms with Gasteiger partial charge in [-0.15, -0.1) is 10.2 Å². The Morgan fingerprint density at radius 3 is 2.52 bits per heavy atom. The molecule has 7 heteroatoms. The lowest BCUT2D eigenvalue weighted by Gasteiger charge is -2.19. The van der Waals surface area contributed by atoms with E-state index in [0.29, 0.717) is 16.7 Å². The molecular weight excluding hydrogens is 376 g/mol. The number of rotatable bonds is 6. The topological polar surface area (TPSA) is 66.0 Å². The van der Waals surface area contributed by atoms with Gasteiger partial charge in [0.1, 0.15) is 12.4 Å². The second-order valence-electron chi connectivity index (χ2n) is 6.14. The highest BCUT2D eigenvalue weighted by atomic mass is 79.9. The number of hydrogen-bond acceptors (Lipinski definition) is 5. The van der Waals surface area contributed by atoms with Crippen LogP contribution in [0.15, 0.2) is 40.5 Å². The van der Waals surface area contributed by atoms with E-state index in [2.05, 4.69) is 65.6 Å². The van der Waals surface area contributed by atoms with Crippen molar-refractivity contribution in [2.24, 2.45) is 0 Å². The Morgan fingerprint density at radius 1 is 1.30 bits per heavy atom. The van der Waals surface area contributed by atoms with Crippen LogP contribution >= 0.6 is 27.7 Å². The molecule has 0 bridgehead atoms. The molecular formula is C16H21BrN4OS. The molecule has 2 aromatic rings. The summed E-state index contributed by atoms with van der Waals surface area (Å²) < 4.78 is 8.07. The van der Waals surface area contributed by atoms with Crippen molar-refractivity contribution in [2.75, 3.05) is 11.6 Å². The molecule has 23 heavy (non-hydrogen) atoms. The highest BCUT2D eigenvalue weighted by molar-refractivity contribution is 9.11. The van der Waals surface area contributed by atoms with E-state index in [4.69, 9.17) is 10.6 Å². The Hall–Kier alpha value is -1.47. The quantitative estimate of drug-likeness (QED) is 0.592. The maximum Gasteiger partial charge on any atom is 0.210 e. The summed E-state index contributed by atoms with van der Waals surface area (Å²) in [5.41, 5.74) is 1.39. The largest absolute Gasteiger partial charge is 0.486 e. The van der Waals surface area contributed by atoms with Crippen molar-refractivity contribution < 1.29 is 4.74 Å². The average molecular weight is 397 g/mol. The third kappa shape index (κ3) is 5.00. The predicted molar refractivity (Wildman–Crippen MR) is 98.4 cm³/mol. The third-order valence-corrected chi connectivity index (χ3v) is 4.86. The molecule has 1 aromatic carbocycles. The maximum atomic E-state index is 5.98. The number of nitrogen functional groups attached to an aromatic ring is 1. The highest BCUT2D eigenvalue weighted by Crippen LogP contribution is 2.25. The van der Waals surface area contributed by atoms with Gasteiger partial charge in [-0.2, -0.15) is 0 Å². The minimum atomic E-state index is 0.127. The Kier molecular flexibility index (Phi) is 5.75. The van der Waals surface area contributed by atoms with Crippen LogP contribution < -0.4 is 10.6 Å². The standard InChI is InChI=1S/C16H21BrN4OS/c1-11(17)10-23-15-20-19-14(21(15)18)9-22-13-7-5-12(6-8-13)16(2,3)4/h5-8H,1,9-10,18H2,2-4H3. The summed E-state index contributed by atoms with van der Waals surface area (Å²) in [5.74, 6) is 8.02. The molecule has 124 valence electrons. The van der Waals surface area contributed by atoms with E-state index < -0.39 is 0 Å². The zero-order valence-electron chi connectivity index (χ0n) is 13.5. The van der Waals surface area contributed by atoms with Gasteiger partial charge in [0.2, 0.25) is 5.16 Å². The van der Waals surface area contributed by atoms with Gasteiger partial charge in [-0.05, 0) is 27.6 Å². The molecule has 0 fully saturated rings. The molecule has 0 atom stereocenters. The van der Waals surface area contributed by atoms with E-state index in [-0.39, 0.29) is 12.0 Å². The molecule has 0 radical (unpaired) electrons. The van der Waals surface area contributed by atoms with Crippen molar-refractivity contribution >= 4 is 27.7 Å². The molecule has 2 rings (SSSR count). The SMILES string of the molecule is C=C(Br)CSc1nnc(COc2ccc(C(C)(C)C)cc2)n1N. The van der Waals surface area contributed by atoms with Crippen molar-refractivity contribution in [1.29, 1.82) is 0 Å². The Morgan fingerprint density at radius 2 is 1.96 bits per heavy atom. The molecule has 1 heterocycles. The first-order valence-corrected chi connectivity index (χ1v) is 8.94. The van der Waals surface area contributed by atoms with Crippen molar-refractivity contribution in [1.82, 2.24) is 14.9 Å². The third-order valence-electron chi connectivity index (χ3n) is 3.18. The summed E-state index contributed by atoms with van der Waals surface area (Å²) in [5, 5.41) is 8.75. The highest BCUT2D eigenvalue weighted by Gasteiger charge is 2.14. The second-order valence-corrected chi connectivity index (χ2v) is 8.20. The van der Waals surface area contributed by atoms with E-state index in [1.807, 2.05) is 12.1 Å². The zero-order chi connectivity index (χ0) is 17.0. The van der Waals surface area contributed by atoms with Crippen LogP contribution in [0.4, 0.5) is 0 Å². The fourth-order valence-corrected chi connectivity index (χ4v) is 2.82. The molecule has 0 aliphatic carbocycles. The number of hydrogen-bond donors (Lipinski definition) is 1. The summed E-state index contributed by atoms with van der Waals surface area (Å²) in [6, 6.07) is 8.07. The number of ether oxygens (including phenoxy) is 1. The van der Waals surface area contributed by atoms with Crippen molar-refractivity contribution in [3.05, 3.63) is 46.7 Å². The van der Waals surface area contributed by atoms with Crippen LogP contribution in [-0.2, 0) is 12.0 Å². The van der Waals surface area contributed by atoms with Crippen molar-refractivity contribution in [3.8, 4) is 5.75 Å². The Labute approximate surface area is 149 Å². The van der Waals surface area contributed by atoms with Gasteiger partial charge in [0.15, 0.2) is 5.82 Å². The molecule has 0 amide bonds. The monoisotopic (exact) mass is 396 g/mol. The first kappa shape index (κ1) is 17.9. The number of aromatic nitrogens is 3. The van der Waals surface area contributed by atoms with Crippen LogP contribution in [0.3, 0.4) is 0 Å². The van der Waals surface area contributed by atoms with Gasteiger partial charge in [-0.25, -0.2) is 4.68 Å². The number of benzene rings is 1. The molecule has 0 aliphatic rings. The molecule has 0 spiro atoms. The van der Waals surface area contributed by atoms with Crippen LogP contribution in [0, 0.1) is 0 Å². The molecule has 0 saturated carbocycles. The van der Waals surface area contributed by atoms with E-state index >= 15 is 0 Å². The van der Waals surface area contributed by atoms with E-state index in [9.17, 15) is 0 Å². The lowest BCUT2D eigenvalue weighted by Crippen LogP contribution is -2.16. The summed E-state index contributed by atoms with van der Waals surface area (Å²) in [6.45, 7) is 10.6. The van der Waals surface area contributed by atoms with Gasteiger partial charge in [0.25, 0.3) is 0 Å². The number of halogens is 1. The molecule has 0 unspecified atom stereocenters. The fraction of sp³-hybridized carbons (Fsp3) is 0.375. The van der Waals surface area contributed by atoms with Gasteiger partial charge in [-0.1, -0.05) is 67.2 Å². The number of nitrogens with two attached hydrogens (primary N) is 1. The number of thioether (sulfide) groups is 1. The summed E-state index contributed by atoms with van der Waals surface area (Å²) >= 11 is 4.77. The van der Waals surface area contributed by atoms with E-state index in [1.54, 1.807) is 0 Å². The predicted octanol–water partition coefficient (Wildman–Crippen LogP) is 3.87. The molecule has 1 aromatic heterocycles. The summed E-state index contributed by atoms with van der Waals surface area (Å²) in [7, 11) is 0. The normalized spacial score (nSPS) is 11.5.